The third-order valence-electron chi connectivity index (χ3n) is 5.61. The van der Waals surface area contributed by atoms with Crippen molar-refractivity contribution in [3.63, 3.8) is 0 Å². The van der Waals surface area contributed by atoms with E-state index in [-0.39, 0.29) is 11.7 Å². The van der Waals surface area contributed by atoms with Crippen LogP contribution in [0.2, 0.25) is 0 Å². The zero-order valence-corrected chi connectivity index (χ0v) is 19.2. The van der Waals surface area contributed by atoms with Crippen LogP contribution >= 0.6 is 11.8 Å². The molecule has 6 nitrogen and oxygen atoms in total. The average Bonchev–Trinajstić information content (AvgIpc) is 3.45. The fraction of sp³-hybridized carbons (Fsp3) is 0.375. The van der Waals surface area contributed by atoms with Gasteiger partial charge in [0.05, 0.1) is 5.75 Å². The first-order valence-electron chi connectivity index (χ1n) is 10.8. The third kappa shape index (κ3) is 5.10. The number of aromatic nitrogens is 3. The highest BCUT2D eigenvalue weighted by atomic mass is 32.2. The molecular weight excluding hydrogens is 406 g/mol. The molecule has 0 radical (unpaired) electrons. The Morgan fingerprint density at radius 2 is 1.87 bits per heavy atom. The molecule has 0 spiro atoms. The first-order chi connectivity index (χ1) is 15.0. The Labute approximate surface area is 188 Å². The highest BCUT2D eigenvalue weighted by Crippen LogP contribution is 2.27. The van der Waals surface area contributed by atoms with Crippen LogP contribution in [0.25, 0.3) is 5.69 Å². The van der Waals surface area contributed by atoms with Crippen LogP contribution < -0.4 is 10.2 Å². The fourth-order valence-corrected chi connectivity index (χ4v) is 4.62. The second kappa shape index (κ2) is 9.56. The van der Waals surface area contributed by atoms with E-state index in [4.69, 9.17) is 0 Å². The van der Waals surface area contributed by atoms with Crippen LogP contribution in [0.5, 0.6) is 0 Å². The van der Waals surface area contributed by atoms with Crippen molar-refractivity contribution in [2.45, 2.75) is 44.7 Å². The minimum absolute atomic E-state index is 0.0528. The Kier molecular flexibility index (Phi) is 6.61. The van der Waals surface area contributed by atoms with Crippen molar-refractivity contribution in [1.82, 2.24) is 14.8 Å². The highest BCUT2D eigenvalue weighted by Gasteiger charge is 2.15. The van der Waals surface area contributed by atoms with Gasteiger partial charge in [0, 0.05) is 30.2 Å². The molecule has 3 aromatic rings. The molecular formula is C24H29N5OS. The molecule has 2 aromatic carbocycles. The smallest absolute Gasteiger partial charge is 0.234 e. The lowest BCUT2D eigenvalue weighted by Gasteiger charge is -2.20. The second-order valence-corrected chi connectivity index (χ2v) is 9.20. The maximum absolute atomic E-state index is 12.5. The molecule has 1 amide bonds. The number of nitrogens with one attached hydrogen (secondary N) is 1. The van der Waals surface area contributed by atoms with Crippen molar-refractivity contribution < 1.29 is 4.79 Å². The van der Waals surface area contributed by atoms with Gasteiger partial charge in [-0.15, -0.1) is 10.2 Å². The molecule has 1 N–H and O–H groups in total. The monoisotopic (exact) mass is 435 g/mol. The molecule has 0 aliphatic carbocycles. The summed E-state index contributed by atoms with van der Waals surface area (Å²) in [5, 5.41) is 11.9. The molecule has 0 atom stereocenters. The molecule has 1 fully saturated rings. The number of anilines is 2. The van der Waals surface area contributed by atoms with Crippen molar-refractivity contribution in [1.29, 1.82) is 0 Å². The van der Waals surface area contributed by atoms with E-state index in [0.717, 1.165) is 24.5 Å². The summed E-state index contributed by atoms with van der Waals surface area (Å²) in [6, 6.07) is 14.5. The van der Waals surface area contributed by atoms with Crippen molar-refractivity contribution in [2.24, 2.45) is 0 Å². The van der Waals surface area contributed by atoms with Crippen molar-refractivity contribution in [2.75, 3.05) is 29.1 Å². The van der Waals surface area contributed by atoms with Crippen molar-refractivity contribution in [3.8, 4) is 5.69 Å². The minimum atomic E-state index is -0.0528. The maximum atomic E-state index is 12.5. The fourth-order valence-electron chi connectivity index (χ4n) is 3.89. The van der Waals surface area contributed by atoms with Gasteiger partial charge in [-0.1, -0.05) is 37.7 Å². The van der Waals surface area contributed by atoms with Crippen molar-refractivity contribution in [3.05, 3.63) is 59.9 Å². The SMILES string of the molecule is Cc1cc(NC(=O)CSc2nncn2-c2ccc(C(C)C)cc2)ccc1N1CCCC1. The van der Waals surface area contributed by atoms with Crippen LogP contribution in [0, 0.1) is 6.92 Å². The van der Waals surface area contributed by atoms with Crippen molar-refractivity contribution >= 4 is 29.0 Å². The molecule has 1 aliphatic rings. The van der Waals surface area contributed by atoms with Gasteiger partial charge in [-0.3, -0.25) is 9.36 Å². The van der Waals surface area contributed by atoms with Gasteiger partial charge in [-0.05, 0) is 67.1 Å². The van der Waals surface area contributed by atoms with Gasteiger partial charge in [0.1, 0.15) is 6.33 Å². The Morgan fingerprint density at radius 1 is 1.13 bits per heavy atom. The molecule has 0 saturated carbocycles. The first kappa shape index (κ1) is 21.4. The standard InChI is InChI=1S/C24H29N5OS/c1-17(2)19-6-9-21(10-7-19)29-16-25-27-24(29)31-15-23(30)26-20-8-11-22(18(3)14-20)28-12-4-5-13-28/h6-11,14,16-17H,4-5,12-13,15H2,1-3H3,(H,26,30). The van der Waals surface area contributed by atoms with Crippen LogP contribution in [0.4, 0.5) is 11.4 Å². The topological polar surface area (TPSA) is 63.1 Å². The Hall–Kier alpha value is -2.80. The summed E-state index contributed by atoms with van der Waals surface area (Å²) in [5.41, 5.74) is 5.57. The lowest BCUT2D eigenvalue weighted by molar-refractivity contribution is -0.113. The number of carbonyl (C=O) groups excluding carboxylic acids is 1. The van der Waals surface area contributed by atoms with Crippen LogP contribution in [0.1, 0.15) is 43.7 Å². The van der Waals surface area contributed by atoms with Gasteiger partial charge in [0.25, 0.3) is 0 Å². The molecule has 4 rings (SSSR count). The summed E-state index contributed by atoms with van der Waals surface area (Å²) < 4.78 is 1.91. The zero-order chi connectivity index (χ0) is 21.8. The summed E-state index contributed by atoms with van der Waals surface area (Å²) in [6.45, 7) is 8.68. The van der Waals surface area contributed by atoms with Crippen LogP contribution in [0.3, 0.4) is 0 Å². The van der Waals surface area contributed by atoms with Gasteiger partial charge in [0.15, 0.2) is 5.16 Å². The van der Waals surface area contributed by atoms with Gasteiger partial charge in [-0.25, -0.2) is 0 Å². The number of hydrogen-bond acceptors (Lipinski definition) is 5. The molecule has 2 heterocycles. The lowest BCUT2D eigenvalue weighted by Crippen LogP contribution is -2.19. The van der Waals surface area contributed by atoms with Crippen LogP contribution in [0.15, 0.2) is 53.9 Å². The van der Waals surface area contributed by atoms with Crippen LogP contribution in [-0.4, -0.2) is 39.5 Å². The summed E-state index contributed by atoms with van der Waals surface area (Å²) >= 11 is 1.38. The molecule has 0 bridgehead atoms. The van der Waals surface area contributed by atoms with Gasteiger partial charge in [0.2, 0.25) is 5.91 Å². The molecule has 1 aromatic heterocycles. The van der Waals surface area contributed by atoms with E-state index in [2.05, 4.69) is 77.6 Å². The second-order valence-electron chi connectivity index (χ2n) is 8.26. The summed E-state index contributed by atoms with van der Waals surface area (Å²) in [7, 11) is 0. The number of rotatable bonds is 7. The number of thioether (sulfide) groups is 1. The number of benzene rings is 2. The Bertz CT molecular complexity index is 1040. The minimum Gasteiger partial charge on any atom is -0.371 e. The largest absolute Gasteiger partial charge is 0.371 e. The van der Waals surface area contributed by atoms with E-state index in [1.54, 1.807) is 6.33 Å². The number of hydrogen-bond donors (Lipinski definition) is 1. The van der Waals surface area contributed by atoms with Gasteiger partial charge >= 0.3 is 0 Å². The van der Waals surface area contributed by atoms with Gasteiger partial charge in [-0.2, -0.15) is 0 Å². The quantitative estimate of drug-likeness (QED) is 0.527. The van der Waals surface area contributed by atoms with E-state index in [9.17, 15) is 4.79 Å². The summed E-state index contributed by atoms with van der Waals surface area (Å²) in [4.78, 5) is 14.9. The van der Waals surface area contributed by atoms with E-state index in [0.29, 0.717) is 11.1 Å². The number of amides is 1. The molecule has 7 heteroatoms. The van der Waals surface area contributed by atoms with Crippen LogP contribution in [-0.2, 0) is 4.79 Å². The molecule has 31 heavy (non-hydrogen) atoms. The molecule has 162 valence electrons. The van der Waals surface area contributed by atoms with E-state index >= 15 is 0 Å². The Morgan fingerprint density at radius 3 is 2.55 bits per heavy atom. The lowest BCUT2D eigenvalue weighted by atomic mass is 10.0. The summed E-state index contributed by atoms with van der Waals surface area (Å²) in [6.07, 6.45) is 4.19. The molecule has 0 unspecified atom stereocenters. The average molecular weight is 436 g/mol. The third-order valence-corrected chi connectivity index (χ3v) is 6.56. The highest BCUT2D eigenvalue weighted by molar-refractivity contribution is 7.99. The predicted molar refractivity (Wildman–Crippen MR) is 127 cm³/mol. The normalized spacial score (nSPS) is 13.7. The summed E-state index contributed by atoms with van der Waals surface area (Å²) in [5.74, 6) is 0.707. The number of aryl methyl sites for hydroxylation is 1. The van der Waals surface area contributed by atoms with E-state index in [1.165, 1.54) is 41.4 Å². The molecule has 1 saturated heterocycles. The van der Waals surface area contributed by atoms with E-state index in [1.807, 2.05) is 10.6 Å². The number of carbonyl (C=O) groups is 1. The zero-order valence-electron chi connectivity index (χ0n) is 18.3. The molecule has 1 aliphatic heterocycles. The van der Waals surface area contributed by atoms with E-state index < -0.39 is 0 Å². The van der Waals surface area contributed by atoms with Gasteiger partial charge < -0.3 is 10.2 Å². The Balaban J connectivity index is 1.36. The predicted octanol–water partition coefficient (Wildman–Crippen LogP) is 5.03. The number of nitrogens with zero attached hydrogens (tertiary/aromatic N) is 4. The first-order valence-corrected chi connectivity index (χ1v) is 11.8. The maximum Gasteiger partial charge on any atom is 0.234 e.